The molecule has 26 heavy (non-hydrogen) atoms. The van der Waals surface area contributed by atoms with E-state index in [1.807, 2.05) is 18.2 Å². The van der Waals surface area contributed by atoms with Crippen LogP contribution in [0.2, 0.25) is 5.02 Å². The van der Waals surface area contributed by atoms with E-state index in [2.05, 4.69) is 10.9 Å². The van der Waals surface area contributed by atoms with E-state index in [0.717, 1.165) is 5.56 Å². The summed E-state index contributed by atoms with van der Waals surface area (Å²) in [5.74, 6) is -0.822. The Balaban J connectivity index is 1.70. The van der Waals surface area contributed by atoms with Gasteiger partial charge in [0.15, 0.2) is 17.7 Å². The number of hydrogen-bond acceptors (Lipinski definition) is 4. The molecule has 2 aromatic carbocycles. The predicted molar refractivity (Wildman–Crippen MR) is 100 cm³/mol. The highest BCUT2D eigenvalue weighted by Crippen LogP contribution is 2.20. The van der Waals surface area contributed by atoms with Crippen molar-refractivity contribution >= 4 is 35.2 Å². The molecular formula is C18H18ClFN2O3S. The van der Waals surface area contributed by atoms with Crippen LogP contribution in [0.15, 0.2) is 48.5 Å². The number of ether oxygens (including phenoxy) is 1. The highest BCUT2D eigenvalue weighted by atomic mass is 35.5. The number of halogens is 2. The average Bonchev–Trinajstić information content (AvgIpc) is 2.63. The van der Waals surface area contributed by atoms with E-state index in [9.17, 15) is 14.0 Å². The fourth-order valence-electron chi connectivity index (χ4n) is 1.92. The van der Waals surface area contributed by atoms with Gasteiger partial charge in [0.2, 0.25) is 5.91 Å². The third-order valence-electron chi connectivity index (χ3n) is 3.28. The Hall–Kier alpha value is -2.25. The fourth-order valence-corrected chi connectivity index (χ4v) is 3.04. The van der Waals surface area contributed by atoms with Crippen molar-refractivity contribution in [3.8, 4) is 5.75 Å². The molecule has 0 saturated heterocycles. The van der Waals surface area contributed by atoms with E-state index in [-0.39, 0.29) is 17.4 Å². The van der Waals surface area contributed by atoms with Gasteiger partial charge in [-0.1, -0.05) is 41.9 Å². The Morgan fingerprint density at radius 1 is 1.15 bits per heavy atom. The molecule has 1 atom stereocenters. The minimum Gasteiger partial charge on any atom is -0.478 e. The van der Waals surface area contributed by atoms with Crippen LogP contribution in [0, 0.1) is 5.82 Å². The maximum absolute atomic E-state index is 13.5. The summed E-state index contributed by atoms with van der Waals surface area (Å²) in [4.78, 5) is 23.7. The third-order valence-corrected chi connectivity index (χ3v) is 4.63. The van der Waals surface area contributed by atoms with Crippen LogP contribution >= 0.6 is 23.4 Å². The quantitative estimate of drug-likeness (QED) is 0.704. The van der Waals surface area contributed by atoms with Crippen LogP contribution < -0.4 is 15.6 Å². The second-order valence-corrected chi connectivity index (χ2v) is 6.70. The Morgan fingerprint density at radius 2 is 1.85 bits per heavy atom. The molecule has 2 aromatic rings. The van der Waals surface area contributed by atoms with E-state index in [4.69, 9.17) is 16.3 Å². The normalized spacial score (nSPS) is 11.5. The molecule has 0 spiro atoms. The Labute approximate surface area is 160 Å². The lowest BCUT2D eigenvalue weighted by molar-refractivity contribution is -0.132. The van der Waals surface area contributed by atoms with Crippen molar-refractivity contribution in [1.82, 2.24) is 10.9 Å². The van der Waals surface area contributed by atoms with E-state index in [1.165, 1.54) is 36.9 Å². The summed E-state index contributed by atoms with van der Waals surface area (Å²) in [6.45, 7) is 1.46. The zero-order chi connectivity index (χ0) is 18.9. The number of hydrogen-bond donors (Lipinski definition) is 2. The van der Waals surface area contributed by atoms with Gasteiger partial charge < -0.3 is 4.74 Å². The molecule has 2 amide bonds. The van der Waals surface area contributed by atoms with E-state index < -0.39 is 17.8 Å². The number of para-hydroxylation sites is 1. The van der Waals surface area contributed by atoms with E-state index in [0.29, 0.717) is 10.8 Å². The average molecular weight is 397 g/mol. The van der Waals surface area contributed by atoms with Crippen molar-refractivity contribution in [2.45, 2.75) is 18.8 Å². The number of carbonyl (C=O) groups excluding carboxylic acids is 2. The molecule has 0 fully saturated rings. The second kappa shape index (κ2) is 10.0. The van der Waals surface area contributed by atoms with Gasteiger partial charge in [-0.3, -0.25) is 20.4 Å². The lowest BCUT2D eigenvalue weighted by Gasteiger charge is -2.15. The summed E-state index contributed by atoms with van der Waals surface area (Å²) < 4.78 is 18.7. The summed E-state index contributed by atoms with van der Waals surface area (Å²) in [5.41, 5.74) is 5.49. The molecule has 0 aliphatic carbocycles. The maximum Gasteiger partial charge on any atom is 0.279 e. The van der Waals surface area contributed by atoms with E-state index >= 15 is 0 Å². The van der Waals surface area contributed by atoms with Crippen molar-refractivity contribution in [1.29, 1.82) is 0 Å². The summed E-state index contributed by atoms with van der Waals surface area (Å²) in [6, 6.07) is 13.2. The zero-order valence-electron chi connectivity index (χ0n) is 14.0. The molecule has 0 bridgehead atoms. The number of benzene rings is 2. The first kappa shape index (κ1) is 20.1. The van der Waals surface area contributed by atoms with Crippen molar-refractivity contribution < 1.29 is 18.7 Å². The van der Waals surface area contributed by atoms with Crippen LogP contribution in [0.25, 0.3) is 0 Å². The van der Waals surface area contributed by atoms with Crippen LogP contribution in [-0.4, -0.2) is 23.7 Å². The van der Waals surface area contributed by atoms with Gasteiger partial charge in [0.25, 0.3) is 5.91 Å². The molecule has 0 aromatic heterocycles. The number of carbonyl (C=O) groups is 2. The topological polar surface area (TPSA) is 67.4 Å². The SMILES string of the molecule is C[C@@H](Oc1ccccc1F)C(=O)NNC(=O)CSCc1ccccc1Cl. The predicted octanol–water partition coefficient (Wildman–Crippen LogP) is 3.33. The van der Waals surface area contributed by atoms with Gasteiger partial charge in [-0.05, 0) is 30.7 Å². The number of rotatable bonds is 7. The molecule has 138 valence electrons. The molecule has 0 radical (unpaired) electrons. The van der Waals surface area contributed by atoms with Crippen LogP contribution in [-0.2, 0) is 15.3 Å². The third kappa shape index (κ3) is 6.24. The maximum atomic E-state index is 13.5. The minimum atomic E-state index is -0.969. The summed E-state index contributed by atoms with van der Waals surface area (Å²) >= 11 is 7.41. The Bertz CT molecular complexity index is 776. The molecular weight excluding hydrogens is 379 g/mol. The zero-order valence-corrected chi connectivity index (χ0v) is 15.6. The largest absolute Gasteiger partial charge is 0.478 e. The molecule has 0 aliphatic rings. The van der Waals surface area contributed by atoms with Gasteiger partial charge in [-0.2, -0.15) is 0 Å². The standard InChI is InChI=1S/C18H18ClFN2O3S/c1-12(25-16-9-5-4-8-15(16)20)18(24)22-21-17(23)11-26-10-13-6-2-3-7-14(13)19/h2-9,12H,10-11H2,1H3,(H,21,23)(H,22,24)/t12-/m1/s1. The lowest BCUT2D eigenvalue weighted by atomic mass is 10.2. The van der Waals surface area contributed by atoms with Crippen molar-refractivity contribution in [2.24, 2.45) is 0 Å². The van der Waals surface area contributed by atoms with Gasteiger partial charge in [0, 0.05) is 10.8 Å². The monoisotopic (exact) mass is 396 g/mol. The number of hydrazine groups is 1. The molecule has 0 heterocycles. The van der Waals surface area contributed by atoms with Gasteiger partial charge in [-0.25, -0.2) is 4.39 Å². The smallest absolute Gasteiger partial charge is 0.279 e. The molecule has 0 saturated carbocycles. The van der Waals surface area contributed by atoms with E-state index in [1.54, 1.807) is 12.1 Å². The molecule has 0 aliphatic heterocycles. The van der Waals surface area contributed by atoms with Gasteiger partial charge in [0.1, 0.15) is 0 Å². The first-order valence-corrected chi connectivity index (χ1v) is 9.31. The molecule has 2 rings (SSSR count). The second-order valence-electron chi connectivity index (χ2n) is 5.31. The first-order valence-electron chi connectivity index (χ1n) is 7.78. The summed E-state index contributed by atoms with van der Waals surface area (Å²) in [5, 5.41) is 0.646. The molecule has 0 unspecified atom stereocenters. The van der Waals surface area contributed by atoms with Crippen molar-refractivity contribution in [2.75, 3.05) is 5.75 Å². The van der Waals surface area contributed by atoms with Crippen LogP contribution in [0.1, 0.15) is 12.5 Å². The fraction of sp³-hybridized carbons (Fsp3) is 0.222. The summed E-state index contributed by atoms with van der Waals surface area (Å²) in [7, 11) is 0. The van der Waals surface area contributed by atoms with Crippen molar-refractivity contribution in [3.63, 3.8) is 0 Å². The summed E-state index contributed by atoms with van der Waals surface area (Å²) in [6.07, 6.45) is -0.969. The Kier molecular flexibility index (Phi) is 7.74. The van der Waals surface area contributed by atoms with Crippen LogP contribution in [0.4, 0.5) is 4.39 Å². The van der Waals surface area contributed by atoms with Gasteiger partial charge in [0.05, 0.1) is 5.75 Å². The highest BCUT2D eigenvalue weighted by molar-refractivity contribution is 7.99. The molecule has 8 heteroatoms. The molecule has 2 N–H and O–H groups in total. The number of amides is 2. The van der Waals surface area contributed by atoms with Crippen LogP contribution in [0.3, 0.4) is 0 Å². The molecule has 5 nitrogen and oxygen atoms in total. The van der Waals surface area contributed by atoms with Gasteiger partial charge in [-0.15, -0.1) is 11.8 Å². The highest BCUT2D eigenvalue weighted by Gasteiger charge is 2.17. The van der Waals surface area contributed by atoms with Gasteiger partial charge >= 0.3 is 0 Å². The Morgan fingerprint density at radius 3 is 2.58 bits per heavy atom. The first-order chi connectivity index (χ1) is 12.5. The van der Waals surface area contributed by atoms with Crippen molar-refractivity contribution in [3.05, 3.63) is 64.9 Å². The van der Waals surface area contributed by atoms with Crippen LogP contribution in [0.5, 0.6) is 5.75 Å². The minimum absolute atomic E-state index is 0.0308. The lowest BCUT2D eigenvalue weighted by Crippen LogP contribution is -2.47. The number of nitrogens with one attached hydrogen (secondary N) is 2. The number of thioether (sulfide) groups is 1.